The summed E-state index contributed by atoms with van der Waals surface area (Å²) in [5, 5.41) is 4.23. The molecule has 0 unspecified atom stereocenters. The van der Waals surface area contributed by atoms with E-state index in [4.69, 9.17) is 0 Å². The Labute approximate surface area is 81.3 Å². The summed E-state index contributed by atoms with van der Waals surface area (Å²) in [7, 11) is 0. The predicted octanol–water partition coefficient (Wildman–Crippen LogP) is 3.70. The van der Waals surface area contributed by atoms with Crippen LogP contribution in [0.4, 0.5) is 0 Å². The summed E-state index contributed by atoms with van der Waals surface area (Å²) >= 11 is 6.00. The van der Waals surface area contributed by atoms with Crippen LogP contribution in [-0.2, 0) is 0 Å². The van der Waals surface area contributed by atoms with E-state index in [1.165, 1.54) is 11.1 Å². The minimum atomic E-state index is 1.01. The van der Waals surface area contributed by atoms with Gasteiger partial charge in [-0.15, -0.1) is 12.6 Å². The van der Waals surface area contributed by atoms with Crippen LogP contribution >= 0.6 is 24.0 Å². The molecule has 0 aliphatic carbocycles. The quantitative estimate of drug-likeness (QED) is 0.654. The SMILES string of the molecule is Sc1cccc(-c2ccsc2)c1. The number of thiophene rings is 1. The van der Waals surface area contributed by atoms with E-state index in [-0.39, 0.29) is 0 Å². The van der Waals surface area contributed by atoms with Gasteiger partial charge in [0.2, 0.25) is 0 Å². The van der Waals surface area contributed by atoms with Crippen molar-refractivity contribution in [2.24, 2.45) is 0 Å². The van der Waals surface area contributed by atoms with E-state index in [1.54, 1.807) is 11.3 Å². The number of benzene rings is 1. The second-order valence-electron chi connectivity index (χ2n) is 2.56. The molecule has 0 amide bonds. The predicted molar refractivity (Wildman–Crippen MR) is 57.0 cm³/mol. The molecule has 0 N–H and O–H groups in total. The van der Waals surface area contributed by atoms with Crippen molar-refractivity contribution in [3.05, 3.63) is 41.1 Å². The minimum absolute atomic E-state index is 1.01. The normalized spacial score (nSPS) is 10.1. The van der Waals surface area contributed by atoms with Gasteiger partial charge in [0, 0.05) is 4.90 Å². The second-order valence-corrected chi connectivity index (χ2v) is 3.86. The average Bonchev–Trinajstić information content (AvgIpc) is 2.56. The van der Waals surface area contributed by atoms with Gasteiger partial charge in [-0.3, -0.25) is 0 Å². The Morgan fingerprint density at radius 3 is 2.67 bits per heavy atom. The van der Waals surface area contributed by atoms with Crippen molar-refractivity contribution >= 4 is 24.0 Å². The molecule has 60 valence electrons. The molecule has 0 aliphatic rings. The number of thiol groups is 1. The zero-order valence-corrected chi connectivity index (χ0v) is 8.11. The Morgan fingerprint density at radius 2 is 2.00 bits per heavy atom. The fourth-order valence-electron chi connectivity index (χ4n) is 1.11. The summed E-state index contributed by atoms with van der Waals surface area (Å²) in [4.78, 5) is 1.01. The van der Waals surface area contributed by atoms with E-state index in [9.17, 15) is 0 Å². The summed E-state index contributed by atoms with van der Waals surface area (Å²) < 4.78 is 0. The molecule has 2 heteroatoms. The topological polar surface area (TPSA) is 0 Å². The first-order valence-corrected chi connectivity index (χ1v) is 5.07. The Bertz CT molecular complexity index is 363. The van der Waals surface area contributed by atoms with Gasteiger partial charge in [-0.25, -0.2) is 0 Å². The second kappa shape index (κ2) is 3.33. The maximum atomic E-state index is 4.29. The van der Waals surface area contributed by atoms with Crippen molar-refractivity contribution in [2.45, 2.75) is 4.90 Å². The van der Waals surface area contributed by atoms with E-state index >= 15 is 0 Å². The fraction of sp³-hybridized carbons (Fsp3) is 0. The first kappa shape index (κ1) is 7.90. The van der Waals surface area contributed by atoms with E-state index in [1.807, 2.05) is 12.1 Å². The molecule has 12 heavy (non-hydrogen) atoms. The Kier molecular flexibility index (Phi) is 2.19. The van der Waals surface area contributed by atoms with Crippen LogP contribution in [-0.4, -0.2) is 0 Å². The van der Waals surface area contributed by atoms with Crippen molar-refractivity contribution in [1.82, 2.24) is 0 Å². The van der Waals surface area contributed by atoms with Crippen molar-refractivity contribution in [2.75, 3.05) is 0 Å². The van der Waals surface area contributed by atoms with Crippen molar-refractivity contribution in [3.8, 4) is 11.1 Å². The lowest BCUT2D eigenvalue weighted by Crippen LogP contribution is -1.72. The van der Waals surface area contributed by atoms with Crippen LogP contribution in [0.5, 0.6) is 0 Å². The summed E-state index contributed by atoms with van der Waals surface area (Å²) in [6.45, 7) is 0. The van der Waals surface area contributed by atoms with Crippen LogP contribution in [0.25, 0.3) is 11.1 Å². The van der Waals surface area contributed by atoms with Gasteiger partial charge in [-0.1, -0.05) is 12.1 Å². The summed E-state index contributed by atoms with van der Waals surface area (Å²) in [5.74, 6) is 0. The fourth-order valence-corrected chi connectivity index (χ4v) is 2.00. The molecule has 2 aromatic rings. The smallest absolute Gasteiger partial charge is 0.00461 e. The summed E-state index contributed by atoms with van der Waals surface area (Å²) in [5.41, 5.74) is 2.51. The van der Waals surface area contributed by atoms with Gasteiger partial charge in [-0.05, 0) is 40.1 Å². The molecule has 0 nitrogen and oxygen atoms in total. The van der Waals surface area contributed by atoms with Crippen LogP contribution in [0.2, 0.25) is 0 Å². The molecule has 0 saturated carbocycles. The highest BCUT2D eigenvalue weighted by atomic mass is 32.1. The van der Waals surface area contributed by atoms with Crippen molar-refractivity contribution in [1.29, 1.82) is 0 Å². The molecule has 0 bridgehead atoms. The van der Waals surface area contributed by atoms with Gasteiger partial charge >= 0.3 is 0 Å². The standard InChI is InChI=1S/C10H8S2/c11-10-3-1-2-8(6-10)9-4-5-12-7-9/h1-7,11H. The maximum absolute atomic E-state index is 4.29. The molecular formula is C10H8S2. The lowest BCUT2D eigenvalue weighted by molar-refractivity contribution is 1.48. The summed E-state index contributed by atoms with van der Waals surface area (Å²) in [6.07, 6.45) is 0. The lowest BCUT2D eigenvalue weighted by Gasteiger charge is -1.97. The third-order valence-corrected chi connectivity index (χ3v) is 2.66. The van der Waals surface area contributed by atoms with Gasteiger partial charge in [0.25, 0.3) is 0 Å². The van der Waals surface area contributed by atoms with Crippen LogP contribution < -0.4 is 0 Å². The zero-order chi connectivity index (χ0) is 8.39. The third kappa shape index (κ3) is 1.54. The Hall–Kier alpha value is -0.730. The van der Waals surface area contributed by atoms with E-state index < -0.39 is 0 Å². The highest BCUT2D eigenvalue weighted by molar-refractivity contribution is 7.80. The third-order valence-electron chi connectivity index (χ3n) is 1.70. The summed E-state index contributed by atoms with van der Waals surface area (Å²) in [6, 6.07) is 10.3. The molecule has 0 aliphatic heterocycles. The van der Waals surface area contributed by atoms with Crippen LogP contribution in [0.3, 0.4) is 0 Å². The van der Waals surface area contributed by atoms with Crippen LogP contribution in [0.1, 0.15) is 0 Å². The molecule has 1 heterocycles. The van der Waals surface area contributed by atoms with Gasteiger partial charge in [0.05, 0.1) is 0 Å². The Morgan fingerprint density at radius 1 is 1.08 bits per heavy atom. The van der Waals surface area contributed by atoms with E-state index in [0.717, 1.165) is 4.90 Å². The van der Waals surface area contributed by atoms with Gasteiger partial charge in [0.15, 0.2) is 0 Å². The number of rotatable bonds is 1. The molecular weight excluding hydrogens is 184 g/mol. The van der Waals surface area contributed by atoms with Gasteiger partial charge < -0.3 is 0 Å². The van der Waals surface area contributed by atoms with Crippen LogP contribution in [0, 0.1) is 0 Å². The highest BCUT2D eigenvalue weighted by Crippen LogP contribution is 2.23. The van der Waals surface area contributed by atoms with Crippen LogP contribution in [0.15, 0.2) is 46.0 Å². The monoisotopic (exact) mass is 192 g/mol. The number of hydrogen-bond acceptors (Lipinski definition) is 2. The molecule has 0 radical (unpaired) electrons. The highest BCUT2D eigenvalue weighted by Gasteiger charge is 1.96. The lowest BCUT2D eigenvalue weighted by atomic mass is 10.1. The molecule has 0 spiro atoms. The first-order chi connectivity index (χ1) is 5.86. The van der Waals surface area contributed by atoms with E-state index in [2.05, 4.69) is 41.6 Å². The van der Waals surface area contributed by atoms with Gasteiger partial charge in [0.1, 0.15) is 0 Å². The number of hydrogen-bond donors (Lipinski definition) is 1. The molecule has 1 aromatic heterocycles. The van der Waals surface area contributed by atoms with E-state index in [0.29, 0.717) is 0 Å². The minimum Gasteiger partial charge on any atom is -0.152 e. The van der Waals surface area contributed by atoms with Crippen molar-refractivity contribution in [3.63, 3.8) is 0 Å². The molecule has 0 atom stereocenters. The first-order valence-electron chi connectivity index (χ1n) is 3.68. The van der Waals surface area contributed by atoms with Crippen molar-refractivity contribution < 1.29 is 0 Å². The maximum Gasteiger partial charge on any atom is 0.00461 e. The largest absolute Gasteiger partial charge is 0.152 e. The molecule has 0 saturated heterocycles. The molecule has 0 fully saturated rings. The molecule has 1 aromatic carbocycles. The zero-order valence-electron chi connectivity index (χ0n) is 6.40. The molecule has 2 rings (SSSR count). The van der Waals surface area contributed by atoms with Gasteiger partial charge in [-0.2, -0.15) is 11.3 Å². The Balaban J connectivity index is 2.48. The average molecular weight is 192 g/mol.